The Labute approximate surface area is 110 Å². The van der Waals surface area contributed by atoms with Crippen molar-refractivity contribution in [3.63, 3.8) is 0 Å². The van der Waals surface area contributed by atoms with E-state index in [1.54, 1.807) is 0 Å². The largest absolute Gasteiger partial charge is 0.481 e. The van der Waals surface area contributed by atoms with Crippen LogP contribution in [0.25, 0.3) is 0 Å². The summed E-state index contributed by atoms with van der Waals surface area (Å²) < 4.78 is 0. The van der Waals surface area contributed by atoms with Crippen LogP contribution in [0.15, 0.2) is 0 Å². The summed E-state index contributed by atoms with van der Waals surface area (Å²) in [4.78, 5) is 20.3. The molecule has 4 nitrogen and oxygen atoms in total. The first-order chi connectivity index (χ1) is 8.54. The summed E-state index contributed by atoms with van der Waals surface area (Å²) in [5, 5.41) is 16.7. The highest BCUT2D eigenvalue weighted by Crippen LogP contribution is 2.08. The zero-order valence-electron chi connectivity index (χ0n) is 11.8. The van der Waals surface area contributed by atoms with Gasteiger partial charge in [0.25, 0.3) is 0 Å². The van der Waals surface area contributed by atoms with E-state index in [0.717, 1.165) is 38.5 Å². The lowest BCUT2D eigenvalue weighted by atomic mass is 10.1. The highest BCUT2D eigenvalue weighted by atomic mass is 16.4. The molecule has 0 aliphatic carbocycles. The van der Waals surface area contributed by atoms with Crippen molar-refractivity contribution in [1.29, 1.82) is 0 Å². The van der Waals surface area contributed by atoms with Crippen LogP contribution >= 0.6 is 0 Å². The Kier molecular flexibility index (Phi) is 17.1. The zero-order chi connectivity index (χ0) is 14.2. The van der Waals surface area contributed by atoms with Gasteiger partial charge in [-0.1, -0.05) is 52.4 Å². The highest BCUT2D eigenvalue weighted by Gasteiger charge is 1.98. The molecule has 18 heavy (non-hydrogen) atoms. The van der Waals surface area contributed by atoms with Crippen molar-refractivity contribution in [2.24, 2.45) is 0 Å². The van der Waals surface area contributed by atoms with Gasteiger partial charge in [-0.25, -0.2) is 0 Å². The van der Waals surface area contributed by atoms with Gasteiger partial charge in [-0.15, -0.1) is 0 Å². The van der Waals surface area contributed by atoms with Gasteiger partial charge >= 0.3 is 11.9 Å². The van der Waals surface area contributed by atoms with Crippen molar-refractivity contribution in [2.45, 2.75) is 78.1 Å². The maximum absolute atomic E-state index is 10.1. The predicted molar refractivity (Wildman–Crippen MR) is 72.8 cm³/mol. The molecule has 0 radical (unpaired) electrons. The number of hydrogen-bond donors (Lipinski definition) is 2. The molecule has 0 saturated carbocycles. The molecular weight excluding hydrogens is 232 g/mol. The Balaban J connectivity index is 0. The summed E-state index contributed by atoms with van der Waals surface area (Å²) in [7, 11) is 0. The minimum Gasteiger partial charge on any atom is -0.481 e. The van der Waals surface area contributed by atoms with Gasteiger partial charge in [0.15, 0.2) is 0 Å². The number of unbranched alkanes of at least 4 members (excludes halogenated alkanes) is 6. The fraction of sp³-hybridized carbons (Fsp3) is 0.857. The lowest BCUT2D eigenvalue weighted by Gasteiger charge is -1.98. The number of carboxylic acid groups (broad SMARTS) is 2. The van der Waals surface area contributed by atoms with E-state index in [2.05, 4.69) is 13.8 Å². The van der Waals surface area contributed by atoms with E-state index in [1.165, 1.54) is 12.8 Å². The van der Waals surface area contributed by atoms with Crippen LogP contribution < -0.4 is 0 Å². The quantitative estimate of drug-likeness (QED) is 0.580. The Morgan fingerprint density at radius 2 is 0.944 bits per heavy atom. The fourth-order valence-electron chi connectivity index (χ4n) is 1.26. The maximum Gasteiger partial charge on any atom is 0.303 e. The number of rotatable bonds is 10. The van der Waals surface area contributed by atoms with Gasteiger partial charge in [0.2, 0.25) is 0 Å². The predicted octanol–water partition coefficient (Wildman–Crippen LogP) is 4.08. The second kappa shape index (κ2) is 15.9. The smallest absolute Gasteiger partial charge is 0.303 e. The third-order valence-electron chi connectivity index (χ3n) is 2.53. The molecule has 0 aromatic heterocycles. The molecule has 2 N–H and O–H groups in total. The van der Waals surface area contributed by atoms with Crippen LogP contribution in [0, 0.1) is 0 Å². The lowest BCUT2D eigenvalue weighted by Crippen LogP contribution is -1.94. The second-order valence-electron chi connectivity index (χ2n) is 4.41. The molecular formula is C14H28O4. The lowest BCUT2D eigenvalue weighted by molar-refractivity contribution is -0.138. The van der Waals surface area contributed by atoms with Gasteiger partial charge in [-0.2, -0.15) is 0 Å². The summed E-state index contributed by atoms with van der Waals surface area (Å²) in [5.41, 5.74) is 0. The van der Waals surface area contributed by atoms with Crippen LogP contribution in [0.3, 0.4) is 0 Å². The van der Waals surface area contributed by atoms with E-state index in [9.17, 15) is 9.59 Å². The monoisotopic (exact) mass is 260 g/mol. The summed E-state index contributed by atoms with van der Waals surface area (Å²) in [6, 6.07) is 0. The van der Waals surface area contributed by atoms with Crippen LogP contribution in [0.5, 0.6) is 0 Å². The van der Waals surface area contributed by atoms with Crippen LogP contribution in [0.4, 0.5) is 0 Å². The molecule has 108 valence electrons. The summed E-state index contributed by atoms with van der Waals surface area (Å²) in [6.07, 6.45) is 8.46. The molecule has 0 rings (SSSR count). The van der Waals surface area contributed by atoms with Crippen molar-refractivity contribution in [3.05, 3.63) is 0 Å². The molecule has 0 amide bonds. The molecule has 0 atom stereocenters. The van der Waals surface area contributed by atoms with Crippen molar-refractivity contribution in [3.8, 4) is 0 Å². The van der Waals surface area contributed by atoms with Crippen molar-refractivity contribution < 1.29 is 19.8 Å². The standard InChI is InChI=1S/C10H18O4.C4H10/c11-9(12)7-5-3-1-2-4-6-8-10(13)14;1-3-4-2/h1-8H2,(H,11,12)(H,13,14);3-4H2,1-2H3. The Morgan fingerprint density at radius 1 is 0.667 bits per heavy atom. The molecule has 0 spiro atoms. The maximum atomic E-state index is 10.1. The van der Waals surface area contributed by atoms with Crippen LogP contribution in [0.2, 0.25) is 0 Å². The molecule has 0 aliphatic heterocycles. The zero-order valence-corrected chi connectivity index (χ0v) is 11.8. The van der Waals surface area contributed by atoms with Crippen molar-refractivity contribution in [2.75, 3.05) is 0 Å². The molecule has 0 bridgehead atoms. The summed E-state index contributed by atoms with van der Waals surface area (Å²) in [5.74, 6) is -1.48. The van der Waals surface area contributed by atoms with E-state index in [4.69, 9.17) is 10.2 Å². The minimum atomic E-state index is -0.740. The molecule has 0 aromatic carbocycles. The highest BCUT2D eigenvalue weighted by molar-refractivity contribution is 5.66. The van der Waals surface area contributed by atoms with Crippen molar-refractivity contribution in [1.82, 2.24) is 0 Å². The van der Waals surface area contributed by atoms with Gasteiger partial charge in [0.05, 0.1) is 0 Å². The normalized spacial score (nSPS) is 9.44. The minimum absolute atomic E-state index is 0.245. The van der Waals surface area contributed by atoms with E-state index in [-0.39, 0.29) is 12.8 Å². The Bertz CT molecular complexity index is 180. The first kappa shape index (κ1) is 19.3. The van der Waals surface area contributed by atoms with E-state index < -0.39 is 11.9 Å². The summed E-state index contributed by atoms with van der Waals surface area (Å²) in [6.45, 7) is 4.36. The van der Waals surface area contributed by atoms with Gasteiger partial charge < -0.3 is 10.2 Å². The van der Waals surface area contributed by atoms with Gasteiger partial charge in [0, 0.05) is 12.8 Å². The molecule has 0 heterocycles. The SMILES string of the molecule is CCCC.O=C(O)CCCCCCCCC(=O)O. The number of hydrogen-bond acceptors (Lipinski definition) is 2. The Morgan fingerprint density at radius 3 is 1.17 bits per heavy atom. The fourth-order valence-corrected chi connectivity index (χ4v) is 1.26. The van der Waals surface area contributed by atoms with Crippen LogP contribution in [0.1, 0.15) is 78.1 Å². The third-order valence-corrected chi connectivity index (χ3v) is 2.53. The second-order valence-corrected chi connectivity index (χ2v) is 4.41. The van der Waals surface area contributed by atoms with Crippen molar-refractivity contribution >= 4 is 11.9 Å². The van der Waals surface area contributed by atoms with E-state index in [0.29, 0.717) is 0 Å². The first-order valence-corrected chi connectivity index (χ1v) is 6.98. The van der Waals surface area contributed by atoms with E-state index >= 15 is 0 Å². The van der Waals surface area contributed by atoms with Gasteiger partial charge in [-0.05, 0) is 12.8 Å². The Hall–Kier alpha value is -1.06. The number of carbonyl (C=O) groups is 2. The number of carboxylic acids is 2. The molecule has 0 fully saturated rings. The average Bonchev–Trinajstić information content (AvgIpc) is 2.32. The average molecular weight is 260 g/mol. The van der Waals surface area contributed by atoms with Crippen LogP contribution in [-0.4, -0.2) is 22.2 Å². The van der Waals surface area contributed by atoms with Gasteiger partial charge in [0.1, 0.15) is 0 Å². The molecule has 0 unspecified atom stereocenters. The molecule has 0 aliphatic rings. The van der Waals surface area contributed by atoms with Crippen LogP contribution in [-0.2, 0) is 9.59 Å². The topological polar surface area (TPSA) is 74.6 Å². The van der Waals surface area contributed by atoms with E-state index in [1.807, 2.05) is 0 Å². The molecule has 4 heteroatoms. The number of aliphatic carboxylic acids is 2. The van der Waals surface area contributed by atoms with Gasteiger partial charge in [-0.3, -0.25) is 9.59 Å². The molecule has 0 saturated heterocycles. The third kappa shape index (κ3) is 24.3. The first-order valence-electron chi connectivity index (χ1n) is 6.98. The summed E-state index contributed by atoms with van der Waals surface area (Å²) >= 11 is 0. The molecule has 0 aromatic rings.